The van der Waals surface area contributed by atoms with E-state index in [4.69, 9.17) is 9.15 Å². The third-order valence-electron chi connectivity index (χ3n) is 5.07. The molecule has 4 aromatic rings. The first kappa shape index (κ1) is 15.8. The average Bonchev–Trinajstić information content (AvgIpc) is 3.26. The van der Waals surface area contributed by atoms with Crippen molar-refractivity contribution in [2.24, 2.45) is 0 Å². The fourth-order valence-corrected chi connectivity index (χ4v) is 3.80. The quantitative estimate of drug-likeness (QED) is 0.502. The second-order valence-corrected chi connectivity index (χ2v) is 6.91. The molecule has 0 radical (unpaired) electrons. The van der Waals surface area contributed by atoms with Gasteiger partial charge >= 0.3 is 0 Å². The number of aromatic hydroxyl groups is 2. The Kier molecular flexibility index (Phi) is 3.41. The Morgan fingerprint density at radius 2 is 1.63 bits per heavy atom. The van der Waals surface area contributed by atoms with Gasteiger partial charge in [-0.15, -0.1) is 0 Å². The van der Waals surface area contributed by atoms with E-state index in [1.807, 2.05) is 31.2 Å². The van der Waals surface area contributed by atoms with Crippen molar-refractivity contribution in [3.8, 4) is 39.7 Å². The summed E-state index contributed by atoms with van der Waals surface area (Å²) in [7, 11) is 0. The standard InChI is InChI=1S/C23H18O4/c1-13-10-18(25)12-19-21(16-4-7-20-15(11-16)8-9-26-20)23(27-22(13)19)14-2-5-17(24)6-3-14/h2-7,10-12,24-25H,8-9H2,1H3. The number of benzene rings is 3. The lowest BCUT2D eigenvalue weighted by Crippen LogP contribution is -1.85. The molecule has 5 rings (SSSR count). The zero-order chi connectivity index (χ0) is 18.5. The number of rotatable bonds is 2. The van der Waals surface area contributed by atoms with Crippen LogP contribution in [0.25, 0.3) is 33.4 Å². The molecule has 4 nitrogen and oxygen atoms in total. The number of phenolic OH excluding ortho intramolecular Hbond substituents is 2. The van der Waals surface area contributed by atoms with Gasteiger partial charge < -0.3 is 19.4 Å². The summed E-state index contributed by atoms with van der Waals surface area (Å²) in [6.45, 7) is 2.63. The van der Waals surface area contributed by atoms with Crippen LogP contribution in [0, 0.1) is 6.92 Å². The minimum absolute atomic E-state index is 0.208. The van der Waals surface area contributed by atoms with Crippen LogP contribution in [0.1, 0.15) is 11.1 Å². The predicted octanol–water partition coefficient (Wildman–Crippen LogP) is 5.42. The molecule has 27 heavy (non-hydrogen) atoms. The molecule has 1 aliphatic rings. The molecule has 0 amide bonds. The lowest BCUT2D eigenvalue weighted by atomic mass is 9.96. The van der Waals surface area contributed by atoms with Crippen LogP contribution < -0.4 is 4.74 Å². The SMILES string of the molecule is Cc1cc(O)cc2c(-c3ccc4c(c3)CCO4)c(-c3ccc(O)cc3)oc12. The second kappa shape index (κ2) is 5.81. The van der Waals surface area contributed by atoms with Gasteiger partial charge in [-0.1, -0.05) is 6.07 Å². The molecule has 4 heteroatoms. The normalized spacial score (nSPS) is 12.9. The van der Waals surface area contributed by atoms with Crippen LogP contribution in [0.5, 0.6) is 17.2 Å². The molecule has 1 aromatic heterocycles. The van der Waals surface area contributed by atoms with E-state index in [2.05, 4.69) is 6.07 Å². The minimum atomic E-state index is 0.208. The van der Waals surface area contributed by atoms with Gasteiger partial charge in [0.1, 0.15) is 28.6 Å². The van der Waals surface area contributed by atoms with E-state index in [1.165, 1.54) is 5.56 Å². The summed E-state index contributed by atoms with van der Waals surface area (Å²) in [4.78, 5) is 0. The molecule has 0 aliphatic carbocycles. The maximum atomic E-state index is 10.2. The first-order valence-electron chi connectivity index (χ1n) is 8.92. The van der Waals surface area contributed by atoms with Crippen molar-refractivity contribution in [1.82, 2.24) is 0 Å². The second-order valence-electron chi connectivity index (χ2n) is 6.91. The van der Waals surface area contributed by atoms with E-state index in [9.17, 15) is 10.2 Å². The van der Waals surface area contributed by atoms with Crippen LogP contribution in [0.15, 0.2) is 59.0 Å². The van der Waals surface area contributed by atoms with Crippen LogP contribution >= 0.6 is 0 Å². The molecule has 3 aromatic carbocycles. The zero-order valence-electron chi connectivity index (χ0n) is 14.8. The highest BCUT2D eigenvalue weighted by atomic mass is 16.5. The number of ether oxygens (including phenoxy) is 1. The monoisotopic (exact) mass is 358 g/mol. The third-order valence-corrected chi connectivity index (χ3v) is 5.07. The fraction of sp³-hybridized carbons (Fsp3) is 0.130. The smallest absolute Gasteiger partial charge is 0.143 e. The Labute approximate surface area is 156 Å². The molecular weight excluding hydrogens is 340 g/mol. The van der Waals surface area contributed by atoms with E-state index in [0.717, 1.165) is 51.2 Å². The molecule has 0 atom stereocenters. The van der Waals surface area contributed by atoms with Gasteiger partial charge in [0.2, 0.25) is 0 Å². The Bertz CT molecular complexity index is 1170. The van der Waals surface area contributed by atoms with Crippen molar-refractivity contribution >= 4 is 11.0 Å². The highest BCUT2D eigenvalue weighted by Gasteiger charge is 2.22. The van der Waals surface area contributed by atoms with Gasteiger partial charge in [-0.2, -0.15) is 0 Å². The van der Waals surface area contributed by atoms with Gasteiger partial charge in [0.15, 0.2) is 0 Å². The maximum absolute atomic E-state index is 10.2. The summed E-state index contributed by atoms with van der Waals surface area (Å²) in [5, 5.41) is 20.7. The zero-order valence-corrected chi connectivity index (χ0v) is 14.8. The third kappa shape index (κ3) is 2.53. The Morgan fingerprint density at radius 1 is 0.852 bits per heavy atom. The molecule has 0 unspecified atom stereocenters. The topological polar surface area (TPSA) is 62.8 Å². The van der Waals surface area contributed by atoms with Gasteiger partial charge in [0.25, 0.3) is 0 Å². The molecule has 0 bridgehead atoms. The summed E-state index contributed by atoms with van der Waals surface area (Å²) in [5.74, 6) is 2.07. The molecule has 2 N–H and O–H groups in total. The number of hydrogen-bond acceptors (Lipinski definition) is 4. The van der Waals surface area contributed by atoms with E-state index >= 15 is 0 Å². The maximum Gasteiger partial charge on any atom is 0.143 e. The van der Waals surface area contributed by atoms with Crippen LogP contribution in [0.3, 0.4) is 0 Å². The Balaban J connectivity index is 1.83. The van der Waals surface area contributed by atoms with Gasteiger partial charge in [-0.05, 0) is 72.1 Å². The van der Waals surface area contributed by atoms with Crippen LogP contribution in [0.2, 0.25) is 0 Å². The van der Waals surface area contributed by atoms with E-state index in [0.29, 0.717) is 6.61 Å². The molecule has 0 spiro atoms. The lowest BCUT2D eigenvalue weighted by Gasteiger charge is -2.07. The number of aryl methyl sites for hydroxylation is 1. The predicted molar refractivity (Wildman–Crippen MR) is 104 cm³/mol. The molecular formula is C23H18O4. The summed E-state index contributed by atoms with van der Waals surface area (Å²) in [5.41, 5.74) is 5.63. The van der Waals surface area contributed by atoms with Crippen LogP contribution in [-0.2, 0) is 6.42 Å². The highest BCUT2D eigenvalue weighted by Crippen LogP contribution is 2.44. The van der Waals surface area contributed by atoms with Gasteiger partial charge in [-0.3, -0.25) is 0 Å². The van der Waals surface area contributed by atoms with Crippen molar-refractivity contribution in [2.75, 3.05) is 6.61 Å². The molecule has 0 fully saturated rings. The van der Waals surface area contributed by atoms with Crippen molar-refractivity contribution in [1.29, 1.82) is 0 Å². The lowest BCUT2D eigenvalue weighted by molar-refractivity contribution is 0.357. The first-order chi connectivity index (χ1) is 13.1. The van der Waals surface area contributed by atoms with E-state index in [1.54, 1.807) is 24.3 Å². The summed E-state index contributed by atoms with van der Waals surface area (Å²) in [6.07, 6.45) is 0.887. The molecule has 134 valence electrons. The number of furan rings is 1. The molecule has 0 saturated heterocycles. The van der Waals surface area contributed by atoms with Gasteiger partial charge in [-0.25, -0.2) is 0 Å². The molecule has 2 heterocycles. The van der Waals surface area contributed by atoms with E-state index in [-0.39, 0.29) is 11.5 Å². The van der Waals surface area contributed by atoms with E-state index < -0.39 is 0 Å². The molecule has 1 aliphatic heterocycles. The number of hydrogen-bond donors (Lipinski definition) is 2. The molecule has 0 saturated carbocycles. The average molecular weight is 358 g/mol. The number of fused-ring (bicyclic) bond motifs is 2. The van der Waals surface area contributed by atoms with Crippen LogP contribution in [-0.4, -0.2) is 16.8 Å². The van der Waals surface area contributed by atoms with Gasteiger partial charge in [0.05, 0.1) is 6.61 Å². The highest BCUT2D eigenvalue weighted by molar-refractivity contribution is 6.03. The fourth-order valence-electron chi connectivity index (χ4n) is 3.80. The van der Waals surface area contributed by atoms with Crippen molar-refractivity contribution < 1.29 is 19.4 Å². The number of phenols is 2. The van der Waals surface area contributed by atoms with Crippen molar-refractivity contribution in [3.05, 3.63) is 65.7 Å². The Morgan fingerprint density at radius 3 is 2.44 bits per heavy atom. The summed E-state index contributed by atoms with van der Waals surface area (Å²) in [6, 6.07) is 16.6. The summed E-state index contributed by atoms with van der Waals surface area (Å²) < 4.78 is 11.9. The first-order valence-corrected chi connectivity index (χ1v) is 8.92. The van der Waals surface area contributed by atoms with Gasteiger partial charge in [0, 0.05) is 22.9 Å². The summed E-state index contributed by atoms with van der Waals surface area (Å²) >= 11 is 0. The van der Waals surface area contributed by atoms with Crippen LogP contribution in [0.4, 0.5) is 0 Å². The van der Waals surface area contributed by atoms with Crippen molar-refractivity contribution in [2.45, 2.75) is 13.3 Å². The largest absolute Gasteiger partial charge is 0.508 e. The minimum Gasteiger partial charge on any atom is -0.508 e. The Hall–Kier alpha value is -3.40. The van der Waals surface area contributed by atoms with Crippen molar-refractivity contribution in [3.63, 3.8) is 0 Å².